The van der Waals surface area contributed by atoms with Gasteiger partial charge in [-0.2, -0.15) is 0 Å². The van der Waals surface area contributed by atoms with Crippen molar-refractivity contribution in [3.8, 4) is 11.5 Å². The Morgan fingerprint density at radius 1 is 0.905 bits per heavy atom. The molecule has 0 spiro atoms. The van der Waals surface area contributed by atoms with E-state index in [2.05, 4.69) is 0 Å². The van der Waals surface area contributed by atoms with Crippen LogP contribution in [0, 0.1) is 0 Å². The molecule has 0 saturated heterocycles. The van der Waals surface area contributed by atoms with E-state index >= 15 is 0 Å². The maximum Gasteiger partial charge on any atom is 0.199 e. The molecule has 0 aromatic heterocycles. The Kier molecular flexibility index (Phi) is 4.65. The normalized spacial score (nSPS) is 11.5. The van der Waals surface area contributed by atoms with Crippen molar-refractivity contribution in [1.82, 2.24) is 0 Å². The molecule has 5 heteroatoms. The summed E-state index contributed by atoms with van der Waals surface area (Å²) in [6.07, 6.45) is 1.53. The number of methoxy groups -OCH3 is 2. The molecule has 21 heavy (non-hydrogen) atoms. The molecule has 2 aromatic rings. The fraction of sp³-hybridized carbons (Fsp3) is 0.125. The molecule has 0 unspecified atom stereocenters. The molecule has 4 nitrogen and oxygen atoms in total. The van der Waals surface area contributed by atoms with Crippen LogP contribution in [0.3, 0.4) is 0 Å². The highest BCUT2D eigenvalue weighted by atomic mass is 32.2. The minimum Gasteiger partial charge on any atom is -0.493 e. The first-order valence-corrected chi connectivity index (χ1v) is 7.81. The molecule has 0 N–H and O–H groups in total. The molecular formula is C16H16O4S. The van der Waals surface area contributed by atoms with Crippen molar-refractivity contribution in [2.45, 2.75) is 4.90 Å². The molecule has 0 aliphatic carbocycles. The van der Waals surface area contributed by atoms with E-state index in [0.29, 0.717) is 17.1 Å². The maximum absolute atomic E-state index is 12.1. The van der Waals surface area contributed by atoms with Crippen molar-refractivity contribution >= 4 is 15.9 Å². The van der Waals surface area contributed by atoms with E-state index in [1.807, 2.05) is 0 Å². The number of benzene rings is 2. The highest BCUT2D eigenvalue weighted by Gasteiger charge is 2.09. The molecule has 0 radical (unpaired) electrons. The summed E-state index contributed by atoms with van der Waals surface area (Å²) in [6.45, 7) is 0. The van der Waals surface area contributed by atoms with E-state index in [-0.39, 0.29) is 4.90 Å². The van der Waals surface area contributed by atoms with Crippen molar-refractivity contribution in [3.05, 3.63) is 59.5 Å². The SMILES string of the molecule is COc1ccc(/C=C/S(=O)(=O)c2ccccc2)cc1OC. The second kappa shape index (κ2) is 6.45. The van der Waals surface area contributed by atoms with E-state index in [1.54, 1.807) is 55.6 Å². The molecule has 0 saturated carbocycles. The number of rotatable bonds is 5. The average molecular weight is 304 g/mol. The third-order valence-electron chi connectivity index (χ3n) is 2.92. The summed E-state index contributed by atoms with van der Waals surface area (Å²) in [4.78, 5) is 0.265. The Morgan fingerprint density at radius 2 is 1.57 bits per heavy atom. The summed E-state index contributed by atoms with van der Waals surface area (Å²) in [5, 5.41) is 1.18. The lowest BCUT2D eigenvalue weighted by Gasteiger charge is -2.07. The molecule has 0 atom stereocenters. The number of hydrogen-bond acceptors (Lipinski definition) is 4. The van der Waals surface area contributed by atoms with Crippen molar-refractivity contribution in [2.24, 2.45) is 0 Å². The van der Waals surface area contributed by atoms with Gasteiger partial charge in [-0.05, 0) is 35.9 Å². The highest BCUT2D eigenvalue weighted by Crippen LogP contribution is 2.28. The molecule has 0 bridgehead atoms. The Morgan fingerprint density at radius 3 is 2.19 bits per heavy atom. The van der Waals surface area contributed by atoms with Gasteiger partial charge in [0.05, 0.1) is 19.1 Å². The van der Waals surface area contributed by atoms with Crippen LogP contribution in [0.4, 0.5) is 0 Å². The van der Waals surface area contributed by atoms with Crippen molar-refractivity contribution in [3.63, 3.8) is 0 Å². The van der Waals surface area contributed by atoms with Crippen molar-refractivity contribution in [1.29, 1.82) is 0 Å². The van der Waals surface area contributed by atoms with Gasteiger partial charge in [-0.15, -0.1) is 0 Å². The van der Waals surface area contributed by atoms with Gasteiger partial charge in [0.1, 0.15) is 0 Å². The van der Waals surface area contributed by atoms with Crippen molar-refractivity contribution in [2.75, 3.05) is 14.2 Å². The zero-order chi connectivity index (χ0) is 15.3. The fourth-order valence-corrected chi connectivity index (χ4v) is 2.84. The standard InChI is InChI=1S/C16H16O4S/c1-19-15-9-8-13(12-16(15)20-2)10-11-21(17,18)14-6-4-3-5-7-14/h3-12H,1-2H3/b11-10+. The van der Waals surface area contributed by atoms with Gasteiger partial charge in [0.2, 0.25) is 0 Å². The van der Waals surface area contributed by atoms with Crippen LogP contribution in [0.1, 0.15) is 5.56 Å². The predicted molar refractivity (Wildman–Crippen MR) is 82.2 cm³/mol. The van der Waals surface area contributed by atoms with E-state index in [4.69, 9.17) is 9.47 Å². The van der Waals surface area contributed by atoms with Gasteiger partial charge in [-0.1, -0.05) is 24.3 Å². The van der Waals surface area contributed by atoms with Gasteiger partial charge in [-0.25, -0.2) is 8.42 Å². The van der Waals surface area contributed by atoms with Crippen LogP contribution in [0.15, 0.2) is 58.8 Å². The molecule has 2 rings (SSSR count). The zero-order valence-electron chi connectivity index (χ0n) is 11.8. The summed E-state index contributed by atoms with van der Waals surface area (Å²) < 4.78 is 34.6. The third-order valence-corrected chi connectivity index (χ3v) is 4.34. The van der Waals surface area contributed by atoms with E-state index in [1.165, 1.54) is 18.6 Å². The Hall–Kier alpha value is -2.27. The van der Waals surface area contributed by atoms with Gasteiger partial charge in [0.25, 0.3) is 0 Å². The lowest BCUT2D eigenvalue weighted by molar-refractivity contribution is 0.355. The minimum atomic E-state index is -3.45. The first kappa shape index (κ1) is 15.1. The average Bonchev–Trinajstić information content (AvgIpc) is 2.53. The van der Waals surface area contributed by atoms with Crippen LogP contribution in [-0.2, 0) is 9.84 Å². The lowest BCUT2D eigenvalue weighted by atomic mass is 10.2. The summed E-state index contributed by atoms with van der Waals surface area (Å²) in [7, 11) is -0.364. The molecule has 2 aromatic carbocycles. The first-order valence-electron chi connectivity index (χ1n) is 6.27. The van der Waals surface area contributed by atoms with Gasteiger partial charge < -0.3 is 9.47 Å². The molecule has 0 fully saturated rings. The molecular weight excluding hydrogens is 288 g/mol. The molecule has 0 amide bonds. The second-order valence-electron chi connectivity index (χ2n) is 4.28. The fourth-order valence-electron chi connectivity index (χ4n) is 1.81. The molecule has 0 heterocycles. The van der Waals surface area contributed by atoms with Gasteiger partial charge in [0, 0.05) is 5.41 Å². The molecule has 110 valence electrons. The van der Waals surface area contributed by atoms with Crippen LogP contribution in [0.5, 0.6) is 11.5 Å². The van der Waals surface area contributed by atoms with Crippen LogP contribution < -0.4 is 9.47 Å². The van der Waals surface area contributed by atoms with Crippen molar-refractivity contribution < 1.29 is 17.9 Å². The largest absolute Gasteiger partial charge is 0.493 e. The van der Waals surface area contributed by atoms with Crippen LogP contribution in [0.2, 0.25) is 0 Å². The van der Waals surface area contributed by atoms with Crippen LogP contribution in [0.25, 0.3) is 6.08 Å². The Bertz CT molecular complexity index is 734. The summed E-state index contributed by atoms with van der Waals surface area (Å²) in [5.74, 6) is 1.15. The summed E-state index contributed by atoms with van der Waals surface area (Å²) in [6, 6.07) is 13.5. The summed E-state index contributed by atoms with van der Waals surface area (Å²) in [5.41, 5.74) is 0.715. The second-order valence-corrected chi connectivity index (χ2v) is 6.11. The number of ether oxygens (including phenoxy) is 2. The monoisotopic (exact) mass is 304 g/mol. The molecule has 0 aliphatic rings. The Labute approximate surface area is 124 Å². The van der Waals surface area contributed by atoms with Crippen LogP contribution in [-0.4, -0.2) is 22.6 Å². The quantitative estimate of drug-likeness (QED) is 0.851. The topological polar surface area (TPSA) is 52.6 Å². The minimum absolute atomic E-state index is 0.265. The van der Waals surface area contributed by atoms with Crippen LogP contribution >= 0.6 is 0 Å². The highest BCUT2D eigenvalue weighted by molar-refractivity contribution is 7.94. The summed E-state index contributed by atoms with van der Waals surface area (Å²) >= 11 is 0. The lowest BCUT2D eigenvalue weighted by Crippen LogP contribution is -1.95. The smallest absolute Gasteiger partial charge is 0.199 e. The van der Waals surface area contributed by atoms with Gasteiger partial charge in [-0.3, -0.25) is 0 Å². The zero-order valence-corrected chi connectivity index (χ0v) is 12.6. The van der Waals surface area contributed by atoms with Gasteiger partial charge >= 0.3 is 0 Å². The Balaban J connectivity index is 2.29. The van der Waals surface area contributed by atoms with E-state index in [9.17, 15) is 8.42 Å². The third kappa shape index (κ3) is 3.64. The predicted octanol–water partition coefficient (Wildman–Crippen LogP) is 3.15. The number of sulfone groups is 1. The van der Waals surface area contributed by atoms with E-state index in [0.717, 1.165) is 0 Å². The van der Waals surface area contributed by atoms with Gasteiger partial charge in [0.15, 0.2) is 21.3 Å². The number of hydrogen-bond donors (Lipinski definition) is 0. The van der Waals surface area contributed by atoms with E-state index < -0.39 is 9.84 Å². The first-order chi connectivity index (χ1) is 10.1. The molecule has 0 aliphatic heterocycles. The maximum atomic E-state index is 12.1.